The summed E-state index contributed by atoms with van der Waals surface area (Å²) in [7, 11) is 0. The normalized spacial score (nSPS) is 19.4. The Morgan fingerprint density at radius 1 is 1.24 bits per heavy atom. The van der Waals surface area contributed by atoms with Crippen LogP contribution in [0.4, 0.5) is 22.9 Å². The second-order valence-corrected chi connectivity index (χ2v) is 8.36. The number of aliphatic hydroxyl groups excluding tert-OH is 1. The highest BCUT2D eigenvalue weighted by atomic mass is 16.3. The van der Waals surface area contributed by atoms with Crippen LogP contribution in [0.2, 0.25) is 0 Å². The molecule has 1 unspecified atom stereocenters. The van der Waals surface area contributed by atoms with Gasteiger partial charge < -0.3 is 20.2 Å². The van der Waals surface area contributed by atoms with Crippen molar-refractivity contribution in [3.8, 4) is 0 Å². The van der Waals surface area contributed by atoms with Gasteiger partial charge in [-0.2, -0.15) is 0 Å². The lowest BCUT2D eigenvalue weighted by atomic mass is 9.98. The van der Waals surface area contributed by atoms with Gasteiger partial charge in [0.1, 0.15) is 5.82 Å². The van der Waals surface area contributed by atoms with Crippen molar-refractivity contribution in [2.75, 3.05) is 34.8 Å². The molecule has 0 spiro atoms. The number of carbonyl (C=O) groups excluding carboxylic acids is 1. The second-order valence-electron chi connectivity index (χ2n) is 8.36. The number of hydrogen-bond donors (Lipinski definition) is 2. The van der Waals surface area contributed by atoms with Gasteiger partial charge >= 0.3 is 0 Å². The Morgan fingerprint density at radius 3 is 2.76 bits per heavy atom. The third-order valence-electron chi connectivity index (χ3n) is 5.90. The molecule has 2 aromatic rings. The van der Waals surface area contributed by atoms with E-state index in [0.717, 1.165) is 55.1 Å². The van der Waals surface area contributed by atoms with Crippen LogP contribution in [0, 0.1) is 5.92 Å². The Balaban J connectivity index is 1.49. The topological polar surface area (TPSA) is 68.7 Å². The number of anilines is 4. The van der Waals surface area contributed by atoms with E-state index < -0.39 is 0 Å². The number of aliphatic hydroxyl groups is 1. The number of aromatic nitrogens is 1. The van der Waals surface area contributed by atoms with Crippen molar-refractivity contribution in [1.29, 1.82) is 0 Å². The van der Waals surface area contributed by atoms with E-state index >= 15 is 0 Å². The maximum Gasteiger partial charge on any atom is 0.227 e. The van der Waals surface area contributed by atoms with E-state index in [9.17, 15) is 9.90 Å². The number of rotatable bonds is 5. The van der Waals surface area contributed by atoms with Gasteiger partial charge in [0.25, 0.3) is 0 Å². The predicted octanol–water partition coefficient (Wildman–Crippen LogP) is 3.72. The molecule has 2 N–H and O–H groups in total. The van der Waals surface area contributed by atoms with Crippen molar-refractivity contribution in [3.63, 3.8) is 0 Å². The summed E-state index contributed by atoms with van der Waals surface area (Å²) >= 11 is 0. The third-order valence-corrected chi connectivity index (χ3v) is 5.90. The number of amides is 1. The molecular formula is C23H30N4O2. The van der Waals surface area contributed by atoms with Crippen LogP contribution in [0.25, 0.3) is 0 Å². The van der Waals surface area contributed by atoms with Crippen molar-refractivity contribution in [1.82, 2.24) is 4.98 Å². The van der Waals surface area contributed by atoms with Crippen molar-refractivity contribution in [2.24, 2.45) is 5.92 Å². The summed E-state index contributed by atoms with van der Waals surface area (Å²) < 4.78 is 0. The molecule has 1 fully saturated rings. The first-order chi connectivity index (χ1) is 14.0. The summed E-state index contributed by atoms with van der Waals surface area (Å²) in [5.41, 5.74) is 4.25. The quantitative estimate of drug-likeness (QED) is 0.809. The zero-order chi connectivity index (χ0) is 20.4. The Bertz CT molecular complexity index is 866. The van der Waals surface area contributed by atoms with Crippen LogP contribution in [0.5, 0.6) is 0 Å². The lowest BCUT2D eigenvalue weighted by Crippen LogP contribution is -2.40. The predicted molar refractivity (Wildman–Crippen MR) is 117 cm³/mol. The maximum absolute atomic E-state index is 12.4. The van der Waals surface area contributed by atoms with Crippen molar-refractivity contribution < 1.29 is 9.90 Å². The number of benzene rings is 1. The van der Waals surface area contributed by atoms with Crippen LogP contribution in [0.3, 0.4) is 0 Å². The van der Waals surface area contributed by atoms with Gasteiger partial charge in [0.05, 0.1) is 5.69 Å². The van der Waals surface area contributed by atoms with Crippen molar-refractivity contribution >= 4 is 28.8 Å². The molecule has 4 rings (SSSR count). The summed E-state index contributed by atoms with van der Waals surface area (Å²) in [6, 6.07) is 10.5. The van der Waals surface area contributed by atoms with Gasteiger partial charge in [-0.15, -0.1) is 0 Å². The second kappa shape index (κ2) is 8.41. The molecule has 154 valence electrons. The molecule has 2 aliphatic rings. The molecule has 0 bridgehead atoms. The monoisotopic (exact) mass is 394 g/mol. The van der Waals surface area contributed by atoms with Crippen molar-refractivity contribution in [2.45, 2.75) is 45.6 Å². The molecule has 0 aliphatic carbocycles. The van der Waals surface area contributed by atoms with Gasteiger partial charge in [0, 0.05) is 55.8 Å². The van der Waals surface area contributed by atoms with E-state index in [1.807, 2.05) is 31.0 Å². The van der Waals surface area contributed by atoms with E-state index in [4.69, 9.17) is 0 Å². The molecular weight excluding hydrogens is 364 g/mol. The minimum Gasteiger partial charge on any atom is -0.396 e. The molecule has 1 amide bonds. The number of nitrogens with one attached hydrogen (secondary N) is 1. The molecule has 2 aliphatic heterocycles. The molecule has 29 heavy (non-hydrogen) atoms. The highest BCUT2D eigenvalue weighted by molar-refractivity contribution is 5.97. The number of hydrogen-bond acceptors (Lipinski definition) is 5. The highest BCUT2D eigenvalue weighted by Crippen LogP contribution is 2.32. The zero-order valence-corrected chi connectivity index (χ0v) is 17.3. The molecule has 1 aromatic carbocycles. The van der Waals surface area contributed by atoms with Crippen LogP contribution in [-0.2, 0) is 11.2 Å². The molecule has 1 saturated heterocycles. The van der Waals surface area contributed by atoms with E-state index in [0.29, 0.717) is 12.3 Å². The average molecular weight is 395 g/mol. The smallest absolute Gasteiger partial charge is 0.227 e. The van der Waals surface area contributed by atoms with Gasteiger partial charge in [-0.05, 0) is 68.9 Å². The molecule has 0 saturated carbocycles. The molecule has 0 radical (unpaired) electrons. The standard InChI is InChI=1S/C23H30N4O2/c1-16(2)27-21-12-22(24-13-18(21)5-10-23(27)29)25-19-6-8-20(9-7-19)26-11-3-4-17(14-26)15-28/h6-9,12-13,16-17,28H,3-5,10-11,14-15H2,1-2H3,(H,24,25). The maximum atomic E-state index is 12.4. The number of nitrogens with zero attached hydrogens (tertiary/aromatic N) is 3. The first kappa shape index (κ1) is 19.7. The minimum atomic E-state index is 0.128. The van der Waals surface area contributed by atoms with Crippen LogP contribution < -0.4 is 15.1 Å². The van der Waals surface area contributed by atoms with Gasteiger partial charge in [-0.1, -0.05) is 0 Å². The third kappa shape index (κ3) is 4.22. The first-order valence-electron chi connectivity index (χ1n) is 10.6. The largest absolute Gasteiger partial charge is 0.396 e. The lowest BCUT2D eigenvalue weighted by molar-refractivity contribution is -0.119. The van der Waals surface area contributed by atoms with Crippen LogP contribution in [0.1, 0.15) is 38.7 Å². The van der Waals surface area contributed by atoms with E-state index in [-0.39, 0.29) is 18.6 Å². The summed E-state index contributed by atoms with van der Waals surface area (Å²) in [5.74, 6) is 1.29. The van der Waals surface area contributed by atoms with E-state index in [1.54, 1.807) is 0 Å². The number of carbonyl (C=O) groups is 1. The van der Waals surface area contributed by atoms with Crippen LogP contribution in [-0.4, -0.2) is 41.7 Å². The molecule has 3 heterocycles. The molecule has 1 aromatic heterocycles. The summed E-state index contributed by atoms with van der Waals surface area (Å²) in [4.78, 5) is 21.1. The summed E-state index contributed by atoms with van der Waals surface area (Å²) in [6.45, 7) is 6.29. The Morgan fingerprint density at radius 2 is 2.03 bits per heavy atom. The van der Waals surface area contributed by atoms with E-state index in [2.05, 4.69) is 39.5 Å². The Hall–Kier alpha value is -2.60. The van der Waals surface area contributed by atoms with Gasteiger partial charge in [-0.25, -0.2) is 4.98 Å². The number of aryl methyl sites for hydroxylation is 1. The first-order valence-corrected chi connectivity index (χ1v) is 10.6. The van der Waals surface area contributed by atoms with Gasteiger partial charge in [-0.3, -0.25) is 4.79 Å². The average Bonchev–Trinajstić information content (AvgIpc) is 2.74. The fourth-order valence-corrected chi connectivity index (χ4v) is 4.37. The van der Waals surface area contributed by atoms with Gasteiger partial charge in [0.15, 0.2) is 0 Å². The van der Waals surface area contributed by atoms with Crippen LogP contribution in [0.15, 0.2) is 36.5 Å². The van der Waals surface area contributed by atoms with E-state index in [1.165, 1.54) is 5.69 Å². The summed E-state index contributed by atoms with van der Waals surface area (Å²) in [5, 5.41) is 12.8. The Kier molecular flexibility index (Phi) is 5.72. The van der Waals surface area contributed by atoms with Gasteiger partial charge in [0.2, 0.25) is 5.91 Å². The molecule has 1 atom stereocenters. The SMILES string of the molecule is CC(C)N1C(=O)CCc2cnc(Nc3ccc(N4CCCC(CO)C4)cc3)cc21. The lowest BCUT2D eigenvalue weighted by Gasteiger charge is -2.33. The number of pyridine rings is 1. The number of piperidine rings is 1. The fraction of sp³-hybridized carbons (Fsp3) is 0.478. The minimum absolute atomic E-state index is 0.128. The van der Waals surface area contributed by atoms with Crippen LogP contribution >= 0.6 is 0 Å². The Labute approximate surface area is 172 Å². The van der Waals surface area contributed by atoms with Crippen molar-refractivity contribution in [3.05, 3.63) is 42.1 Å². The fourth-order valence-electron chi connectivity index (χ4n) is 4.37. The molecule has 6 heteroatoms. The summed E-state index contributed by atoms with van der Waals surface area (Å²) in [6.07, 6.45) is 5.41. The zero-order valence-electron chi connectivity index (χ0n) is 17.3. The number of fused-ring (bicyclic) bond motifs is 1. The highest BCUT2D eigenvalue weighted by Gasteiger charge is 2.27. The molecule has 6 nitrogen and oxygen atoms in total.